The van der Waals surface area contributed by atoms with E-state index in [0.717, 1.165) is 0 Å². The molecule has 0 aliphatic heterocycles. The summed E-state index contributed by atoms with van der Waals surface area (Å²) in [7, 11) is 0. The summed E-state index contributed by atoms with van der Waals surface area (Å²) in [6, 6.07) is 2.82. The number of carboxylic acid groups (broad SMARTS) is 2. The van der Waals surface area contributed by atoms with E-state index in [0.29, 0.717) is 28.8 Å². The van der Waals surface area contributed by atoms with Gasteiger partial charge in [-0.25, -0.2) is 0 Å². The van der Waals surface area contributed by atoms with Crippen molar-refractivity contribution in [3.63, 3.8) is 0 Å². The van der Waals surface area contributed by atoms with Gasteiger partial charge < -0.3 is 28.6 Å². The summed E-state index contributed by atoms with van der Waals surface area (Å²) in [5.74, 6) is -0.273. The fraction of sp³-hybridized carbons (Fsp3) is 0.286. The van der Waals surface area contributed by atoms with Crippen molar-refractivity contribution >= 4 is 23.7 Å². The molecule has 2 aromatic heterocycles. The van der Waals surface area contributed by atoms with Crippen molar-refractivity contribution in [3.8, 4) is 0 Å². The molecule has 0 aromatic carbocycles. The molecule has 0 unspecified atom stereocenters. The van der Waals surface area contributed by atoms with Gasteiger partial charge in [-0.1, -0.05) is 0 Å². The van der Waals surface area contributed by atoms with E-state index in [1.807, 2.05) is 0 Å². The van der Waals surface area contributed by atoms with E-state index in [9.17, 15) is 19.8 Å². The van der Waals surface area contributed by atoms with Crippen molar-refractivity contribution in [1.29, 1.82) is 0 Å². The third-order valence-electron chi connectivity index (χ3n) is 2.82. The van der Waals surface area contributed by atoms with E-state index < -0.39 is 11.9 Å². The predicted octanol–water partition coefficient (Wildman–Crippen LogP) is 0.650. The molecular weight excluding hydrogens is 296 g/mol. The summed E-state index contributed by atoms with van der Waals surface area (Å²) in [5.41, 5.74) is 0.0564. The largest absolute Gasteiger partial charge is 0.545 e. The van der Waals surface area contributed by atoms with E-state index in [-0.39, 0.29) is 16.9 Å². The zero-order valence-corrected chi connectivity index (χ0v) is 12.2. The van der Waals surface area contributed by atoms with Gasteiger partial charge in [0.05, 0.1) is 23.4 Å². The Morgan fingerprint density at radius 3 is 2.29 bits per heavy atom. The van der Waals surface area contributed by atoms with Gasteiger partial charge in [0.15, 0.2) is 0 Å². The molecule has 0 radical (unpaired) electrons. The third kappa shape index (κ3) is 3.49. The molecule has 2 heterocycles. The average molecular weight is 308 g/mol. The van der Waals surface area contributed by atoms with Crippen LogP contribution in [0, 0.1) is 13.8 Å². The topological polar surface area (TPSA) is 107 Å². The molecule has 0 spiro atoms. The average Bonchev–Trinajstić information content (AvgIpc) is 2.93. The molecular formula is C14H12O6S-2. The van der Waals surface area contributed by atoms with Gasteiger partial charge in [0.1, 0.15) is 23.0 Å². The summed E-state index contributed by atoms with van der Waals surface area (Å²) in [4.78, 5) is 21.7. The van der Waals surface area contributed by atoms with Crippen LogP contribution in [0.2, 0.25) is 0 Å². The molecule has 2 aromatic rings. The van der Waals surface area contributed by atoms with Gasteiger partial charge in [0, 0.05) is 11.1 Å². The van der Waals surface area contributed by atoms with Crippen LogP contribution in [0.4, 0.5) is 0 Å². The molecule has 21 heavy (non-hydrogen) atoms. The number of aromatic carboxylic acids is 2. The lowest BCUT2D eigenvalue weighted by Gasteiger charge is -2.02. The van der Waals surface area contributed by atoms with Crippen molar-refractivity contribution in [1.82, 2.24) is 0 Å². The maximum Gasteiger partial charge on any atom is 0.123 e. The first-order chi connectivity index (χ1) is 9.88. The van der Waals surface area contributed by atoms with Crippen molar-refractivity contribution in [2.24, 2.45) is 0 Å². The maximum atomic E-state index is 10.9. The Hall–Kier alpha value is -2.15. The Bertz CT molecular complexity index is 682. The van der Waals surface area contributed by atoms with Crippen LogP contribution in [-0.4, -0.2) is 11.9 Å². The minimum Gasteiger partial charge on any atom is -0.545 e. The molecule has 7 heteroatoms. The second-order valence-electron chi connectivity index (χ2n) is 4.44. The van der Waals surface area contributed by atoms with Gasteiger partial charge in [-0.05, 0) is 26.0 Å². The Morgan fingerprint density at radius 1 is 1.05 bits per heavy atom. The SMILES string of the molecule is Cc1cc(C(=O)[O-])c(CSCc2cc(C(=O)[O-])c(C)o2)o1. The molecule has 0 amide bonds. The normalized spacial score (nSPS) is 10.8. The number of carboxylic acids is 2. The molecule has 6 nitrogen and oxygen atoms in total. The first-order valence-corrected chi connectivity index (χ1v) is 7.23. The highest BCUT2D eigenvalue weighted by atomic mass is 32.2. The summed E-state index contributed by atoms with van der Waals surface area (Å²) < 4.78 is 10.6. The zero-order chi connectivity index (χ0) is 15.6. The molecule has 0 fully saturated rings. The van der Waals surface area contributed by atoms with Gasteiger partial charge in [0.2, 0.25) is 0 Å². The lowest BCUT2D eigenvalue weighted by atomic mass is 10.2. The molecule has 2 rings (SSSR count). The van der Waals surface area contributed by atoms with Crippen molar-refractivity contribution in [2.75, 3.05) is 0 Å². The van der Waals surface area contributed by atoms with Crippen LogP contribution in [0.15, 0.2) is 21.0 Å². The molecule has 112 valence electrons. The number of hydrogen-bond acceptors (Lipinski definition) is 7. The smallest absolute Gasteiger partial charge is 0.123 e. The number of furan rings is 2. The number of rotatable bonds is 6. The Kier molecular flexibility index (Phi) is 4.42. The van der Waals surface area contributed by atoms with Crippen LogP contribution in [0.3, 0.4) is 0 Å². The van der Waals surface area contributed by atoms with Gasteiger partial charge in [0.25, 0.3) is 0 Å². The number of carbonyl (C=O) groups is 2. The van der Waals surface area contributed by atoms with Crippen LogP contribution in [0.1, 0.15) is 43.8 Å². The van der Waals surface area contributed by atoms with Crippen molar-refractivity contribution in [3.05, 3.63) is 46.3 Å². The predicted molar refractivity (Wildman–Crippen MR) is 70.6 cm³/mol. The highest BCUT2D eigenvalue weighted by molar-refractivity contribution is 7.97. The van der Waals surface area contributed by atoms with Gasteiger partial charge in [-0.3, -0.25) is 0 Å². The minimum absolute atomic E-state index is 0.0230. The summed E-state index contributed by atoms with van der Waals surface area (Å²) in [6.45, 7) is 3.20. The van der Waals surface area contributed by atoms with Crippen molar-refractivity contribution in [2.45, 2.75) is 25.4 Å². The molecule has 0 atom stereocenters. The first kappa shape index (κ1) is 15.2. The molecule has 0 bridgehead atoms. The second-order valence-corrected chi connectivity index (χ2v) is 5.43. The highest BCUT2D eigenvalue weighted by Gasteiger charge is 2.12. The second kappa shape index (κ2) is 6.09. The summed E-state index contributed by atoms with van der Waals surface area (Å²) >= 11 is 1.35. The lowest BCUT2D eigenvalue weighted by molar-refractivity contribution is -0.256. The fourth-order valence-corrected chi connectivity index (χ4v) is 2.75. The monoisotopic (exact) mass is 308 g/mol. The number of aryl methyl sites for hydroxylation is 2. The van der Waals surface area contributed by atoms with E-state index in [1.54, 1.807) is 13.8 Å². The Morgan fingerprint density at radius 2 is 1.71 bits per heavy atom. The van der Waals surface area contributed by atoms with Crippen molar-refractivity contribution < 1.29 is 28.6 Å². The van der Waals surface area contributed by atoms with E-state index in [4.69, 9.17) is 8.83 Å². The van der Waals surface area contributed by atoms with Gasteiger partial charge in [-0.15, -0.1) is 11.8 Å². The quantitative estimate of drug-likeness (QED) is 0.771. The van der Waals surface area contributed by atoms with Crippen LogP contribution in [0.25, 0.3) is 0 Å². The fourth-order valence-electron chi connectivity index (χ4n) is 1.90. The van der Waals surface area contributed by atoms with Crippen LogP contribution in [0.5, 0.6) is 0 Å². The summed E-state index contributed by atoms with van der Waals surface area (Å²) in [6.07, 6.45) is 0. The van der Waals surface area contributed by atoms with E-state index in [2.05, 4.69) is 0 Å². The van der Waals surface area contributed by atoms with Crippen LogP contribution >= 0.6 is 11.8 Å². The molecule has 0 aliphatic rings. The molecule has 0 aliphatic carbocycles. The highest BCUT2D eigenvalue weighted by Crippen LogP contribution is 2.24. The third-order valence-corrected chi connectivity index (χ3v) is 3.77. The van der Waals surface area contributed by atoms with Gasteiger partial charge >= 0.3 is 0 Å². The van der Waals surface area contributed by atoms with E-state index in [1.165, 1.54) is 23.9 Å². The van der Waals surface area contributed by atoms with Crippen LogP contribution < -0.4 is 10.2 Å². The van der Waals surface area contributed by atoms with Crippen LogP contribution in [-0.2, 0) is 11.5 Å². The number of hydrogen-bond donors (Lipinski definition) is 0. The summed E-state index contributed by atoms with van der Waals surface area (Å²) in [5, 5.41) is 21.7. The lowest BCUT2D eigenvalue weighted by Crippen LogP contribution is -2.22. The number of carbonyl (C=O) groups excluding carboxylic acids is 2. The molecule has 0 saturated heterocycles. The van der Waals surface area contributed by atoms with E-state index >= 15 is 0 Å². The first-order valence-electron chi connectivity index (χ1n) is 6.07. The zero-order valence-electron chi connectivity index (χ0n) is 11.4. The Balaban J connectivity index is 2.00. The number of thioether (sulfide) groups is 1. The molecule has 0 N–H and O–H groups in total. The standard InChI is InChI=1S/C14H14O6S/c1-7-3-11(14(17)18)12(19-7)6-21-5-9-4-10(13(15)16)8(2)20-9/h3-4H,5-6H2,1-2H3,(H,15,16)(H,17,18)/p-2. The Labute approximate surface area is 124 Å². The maximum absolute atomic E-state index is 10.9. The molecule has 0 saturated carbocycles. The van der Waals surface area contributed by atoms with Gasteiger partial charge in [-0.2, -0.15) is 0 Å². The minimum atomic E-state index is -1.28.